The molecule has 3 aromatic rings. The van der Waals surface area contributed by atoms with Crippen LogP contribution < -0.4 is 18.9 Å². The zero-order valence-electron chi connectivity index (χ0n) is 19.0. The van der Waals surface area contributed by atoms with Crippen molar-refractivity contribution in [1.29, 1.82) is 0 Å². The fourth-order valence-corrected chi connectivity index (χ4v) is 3.54. The Labute approximate surface area is 183 Å². The summed E-state index contributed by atoms with van der Waals surface area (Å²) < 4.78 is 34.2. The molecule has 31 heavy (non-hydrogen) atoms. The van der Waals surface area contributed by atoms with Gasteiger partial charge in [0, 0.05) is 29.4 Å². The maximum atomic E-state index is 6.40. The minimum Gasteiger partial charge on any atom is -0.493 e. The molecule has 3 rings (SSSR count). The highest BCUT2D eigenvalue weighted by molar-refractivity contribution is 5.74. The van der Waals surface area contributed by atoms with E-state index >= 15 is 0 Å². The Bertz CT molecular complexity index is 1020. The van der Waals surface area contributed by atoms with Crippen molar-refractivity contribution in [2.45, 2.75) is 27.4 Å². The molecule has 0 unspecified atom stereocenters. The first-order chi connectivity index (χ1) is 15.1. The third-order valence-corrected chi connectivity index (χ3v) is 5.01. The summed E-state index contributed by atoms with van der Waals surface area (Å²) >= 11 is 0. The maximum absolute atomic E-state index is 6.40. The lowest BCUT2D eigenvalue weighted by Gasteiger charge is -2.11. The Morgan fingerprint density at radius 2 is 1.23 bits per heavy atom. The van der Waals surface area contributed by atoms with E-state index in [4.69, 9.17) is 28.1 Å². The third-order valence-electron chi connectivity index (χ3n) is 5.01. The van der Waals surface area contributed by atoms with Crippen LogP contribution in [0.4, 0.5) is 0 Å². The monoisotopic (exact) mass is 426 g/mol. The van der Waals surface area contributed by atoms with Crippen molar-refractivity contribution in [3.8, 4) is 45.6 Å². The normalized spacial score (nSPS) is 10.8. The van der Waals surface area contributed by atoms with Gasteiger partial charge >= 0.3 is 0 Å². The zero-order valence-corrected chi connectivity index (χ0v) is 19.0. The van der Waals surface area contributed by atoms with Crippen LogP contribution >= 0.6 is 0 Å². The van der Waals surface area contributed by atoms with E-state index in [1.165, 1.54) is 0 Å². The van der Waals surface area contributed by atoms with Crippen LogP contribution in [0.25, 0.3) is 22.6 Å². The van der Waals surface area contributed by atoms with Crippen molar-refractivity contribution in [3.05, 3.63) is 47.5 Å². The van der Waals surface area contributed by atoms with Gasteiger partial charge in [0.25, 0.3) is 0 Å². The van der Waals surface area contributed by atoms with E-state index in [0.29, 0.717) is 42.8 Å². The second-order valence-electron chi connectivity index (χ2n) is 6.89. The summed E-state index contributed by atoms with van der Waals surface area (Å²) in [5, 5.41) is 0. The number of hydrogen-bond donors (Lipinski definition) is 0. The predicted molar refractivity (Wildman–Crippen MR) is 120 cm³/mol. The van der Waals surface area contributed by atoms with Gasteiger partial charge in [-0.3, -0.25) is 0 Å². The van der Waals surface area contributed by atoms with Crippen LogP contribution in [0.2, 0.25) is 0 Å². The highest BCUT2D eigenvalue weighted by Gasteiger charge is 2.22. The van der Waals surface area contributed by atoms with Crippen LogP contribution in [0, 0.1) is 6.92 Å². The van der Waals surface area contributed by atoms with Gasteiger partial charge in [-0.1, -0.05) is 0 Å². The Hall–Kier alpha value is -3.12. The number of methoxy groups -OCH3 is 3. The standard InChI is InChI=1S/C25H30O6/c1-7-29-20-11-9-17(13-22(20)27-5)24-16(3)19(15-26-4)25(31-24)18-10-12-21(30-8-2)23(14-18)28-6/h9-14H,7-8,15H2,1-6H3. The smallest absolute Gasteiger partial charge is 0.161 e. The minimum atomic E-state index is 0.425. The first-order valence-corrected chi connectivity index (χ1v) is 10.3. The van der Waals surface area contributed by atoms with Gasteiger partial charge in [-0.05, 0) is 57.2 Å². The van der Waals surface area contributed by atoms with E-state index in [9.17, 15) is 0 Å². The first-order valence-electron chi connectivity index (χ1n) is 10.3. The molecule has 1 heterocycles. The molecular weight excluding hydrogens is 396 g/mol. The SMILES string of the molecule is CCOc1ccc(-c2oc(-c3ccc(OCC)c(OC)c3)c(COC)c2C)cc1OC. The van der Waals surface area contributed by atoms with Gasteiger partial charge in [-0.25, -0.2) is 0 Å². The molecule has 6 nitrogen and oxygen atoms in total. The number of benzene rings is 2. The van der Waals surface area contributed by atoms with E-state index in [0.717, 1.165) is 33.8 Å². The summed E-state index contributed by atoms with van der Waals surface area (Å²) in [5.74, 6) is 4.21. The Morgan fingerprint density at radius 3 is 1.68 bits per heavy atom. The van der Waals surface area contributed by atoms with E-state index in [2.05, 4.69) is 0 Å². The van der Waals surface area contributed by atoms with E-state index in [1.807, 2.05) is 57.2 Å². The quantitative estimate of drug-likeness (QED) is 0.403. The van der Waals surface area contributed by atoms with Gasteiger partial charge in [0.1, 0.15) is 11.5 Å². The van der Waals surface area contributed by atoms with Crippen molar-refractivity contribution in [2.24, 2.45) is 0 Å². The maximum Gasteiger partial charge on any atom is 0.161 e. The molecular formula is C25H30O6. The average Bonchev–Trinajstić information content (AvgIpc) is 3.11. The molecule has 0 aliphatic carbocycles. The number of ether oxygens (including phenoxy) is 5. The van der Waals surface area contributed by atoms with Gasteiger partial charge < -0.3 is 28.1 Å². The molecule has 0 N–H and O–H groups in total. The fraction of sp³-hybridized carbons (Fsp3) is 0.360. The van der Waals surface area contributed by atoms with Gasteiger partial charge in [0.05, 0.1) is 34.0 Å². The summed E-state index contributed by atoms with van der Waals surface area (Å²) in [5.41, 5.74) is 3.78. The molecule has 0 aliphatic rings. The van der Waals surface area contributed by atoms with Crippen molar-refractivity contribution >= 4 is 0 Å². The molecule has 166 valence electrons. The average molecular weight is 427 g/mol. The second kappa shape index (κ2) is 10.3. The Kier molecular flexibility index (Phi) is 7.47. The lowest BCUT2D eigenvalue weighted by molar-refractivity contribution is 0.184. The molecule has 0 aliphatic heterocycles. The Morgan fingerprint density at radius 1 is 0.710 bits per heavy atom. The summed E-state index contributed by atoms with van der Waals surface area (Å²) in [6, 6.07) is 11.6. The highest BCUT2D eigenvalue weighted by Crippen LogP contribution is 2.42. The number of furan rings is 1. The third kappa shape index (κ3) is 4.64. The summed E-state index contributed by atoms with van der Waals surface area (Å²) in [6.45, 7) is 7.47. The minimum absolute atomic E-state index is 0.425. The molecule has 0 bridgehead atoms. The summed E-state index contributed by atoms with van der Waals surface area (Å²) in [6.07, 6.45) is 0. The largest absolute Gasteiger partial charge is 0.493 e. The molecule has 0 fully saturated rings. The van der Waals surface area contributed by atoms with Crippen LogP contribution in [0.3, 0.4) is 0 Å². The summed E-state index contributed by atoms with van der Waals surface area (Å²) in [7, 11) is 4.93. The van der Waals surface area contributed by atoms with E-state index in [1.54, 1.807) is 21.3 Å². The van der Waals surface area contributed by atoms with Crippen LogP contribution in [0.15, 0.2) is 40.8 Å². The lowest BCUT2D eigenvalue weighted by atomic mass is 10.0. The van der Waals surface area contributed by atoms with Crippen LogP contribution in [0.1, 0.15) is 25.0 Å². The van der Waals surface area contributed by atoms with Gasteiger partial charge in [-0.15, -0.1) is 0 Å². The van der Waals surface area contributed by atoms with Crippen molar-refractivity contribution in [1.82, 2.24) is 0 Å². The zero-order chi connectivity index (χ0) is 22.4. The van der Waals surface area contributed by atoms with Gasteiger partial charge in [-0.2, -0.15) is 0 Å². The van der Waals surface area contributed by atoms with Gasteiger partial charge in [0.2, 0.25) is 0 Å². The predicted octanol–water partition coefficient (Wildman–Crippen LogP) is 5.88. The number of rotatable bonds is 10. The van der Waals surface area contributed by atoms with Crippen molar-refractivity contribution in [3.63, 3.8) is 0 Å². The molecule has 1 aromatic heterocycles. The lowest BCUT2D eigenvalue weighted by Crippen LogP contribution is -1.96. The molecule has 0 amide bonds. The van der Waals surface area contributed by atoms with Crippen molar-refractivity contribution < 1.29 is 28.1 Å². The topological polar surface area (TPSA) is 59.3 Å². The summed E-state index contributed by atoms with van der Waals surface area (Å²) in [4.78, 5) is 0. The van der Waals surface area contributed by atoms with Crippen LogP contribution in [-0.2, 0) is 11.3 Å². The van der Waals surface area contributed by atoms with Crippen LogP contribution in [-0.4, -0.2) is 34.5 Å². The molecule has 0 atom stereocenters. The fourth-order valence-electron chi connectivity index (χ4n) is 3.54. The van der Waals surface area contributed by atoms with Gasteiger partial charge in [0.15, 0.2) is 23.0 Å². The van der Waals surface area contributed by atoms with Crippen molar-refractivity contribution in [2.75, 3.05) is 34.5 Å². The molecule has 2 aromatic carbocycles. The molecule has 6 heteroatoms. The number of hydrogen-bond acceptors (Lipinski definition) is 6. The van der Waals surface area contributed by atoms with E-state index in [-0.39, 0.29) is 0 Å². The molecule has 0 saturated carbocycles. The first kappa shape index (κ1) is 22.6. The molecule has 0 saturated heterocycles. The molecule has 0 spiro atoms. The van der Waals surface area contributed by atoms with E-state index < -0.39 is 0 Å². The second-order valence-corrected chi connectivity index (χ2v) is 6.89. The Balaban J connectivity index is 2.11. The molecule has 0 radical (unpaired) electrons. The highest BCUT2D eigenvalue weighted by atomic mass is 16.5. The van der Waals surface area contributed by atoms with Crippen LogP contribution in [0.5, 0.6) is 23.0 Å².